The highest BCUT2D eigenvalue weighted by Crippen LogP contribution is 2.12. The van der Waals surface area contributed by atoms with Gasteiger partial charge in [0, 0.05) is 35.6 Å². The van der Waals surface area contributed by atoms with Crippen molar-refractivity contribution in [2.24, 2.45) is 12.0 Å². The fourth-order valence-corrected chi connectivity index (χ4v) is 2.83. The third-order valence-electron chi connectivity index (χ3n) is 3.38. The van der Waals surface area contributed by atoms with Crippen molar-refractivity contribution in [3.8, 4) is 0 Å². The summed E-state index contributed by atoms with van der Waals surface area (Å²) in [5.41, 5.74) is 1.75. The van der Waals surface area contributed by atoms with Gasteiger partial charge in [-0.05, 0) is 36.4 Å². The van der Waals surface area contributed by atoms with Crippen molar-refractivity contribution in [3.63, 3.8) is 0 Å². The molecule has 0 spiro atoms. The van der Waals surface area contributed by atoms with Crippen LogP contribution in [0.25, 0.3) is 0 Å². The number of anilines is 2. The van der Waals surface area contributed by atoms with Crippen molar-refractivity contribution in [1.29, 1.82) is 0 Å². The lowest BCUT2D eigenvalue weighted by molar-refractivity contribution is 0.0998. The number of nitrogens with one attached hydrogen (secondary N) is 2. The average molecular weight is 352 g/mol. The van der Waals surface area contributed by atoms with Crippen molar-refractivity contribution in [2.45, 2.75) is 0 Å². The normalized spacial score (nSPS) is 11.2. The molecule has 0 aliphatic carbocycles. The highest BCUT2D eigenvalue weighted by Gasteiger charge is 2.06. The molecule has 2 N–H and O–H groups in total. The fourth-order valence-electron chi connectivity index (χ4n) is 2.10. The number of hydrogen-bond donors (Lipinski definition) is 2. The van der Waals surface area contributed by atoms with Crippen LogP contribution in [0.2, 0.25) is 0 Å². The van der Waals surface area contributed by atoms with E-state index in [1.165, 1.54) is 11.3 Å². The Morgan fingerprint density at radius 1 is 0.960 bits per heavy atom. The Kier molecular flexibility index (Phi) is 5.06. The van der Waals surface area contributed by atoms with Crippen LogP contribution in [-0.2, 0) is 7.05 Å². The summed E-state index contributed by atoms with van der Waals surface area (Å²) in [6.07, 6.45) is 1.84. The molecule has 126 valence electrons. The van der Waals surface area contributed by atoms with E-state index in [2.05, 4.69) is 15.6 Å². The number of nitrogens with zero attached hydrogens (tertiary/aromatic N) is 2. The van der Waals surface area contributed by atoms with Crippen LogP contribution in [0, 0.1) is 0 Å². The molecule has 0 radical (unpaired) electrons. The van der Waals surface area contributed by atoms with E-state index < -0.39 is 0 Å². The molecule has 25 heavy (non-hydrogen) atoms. The number of carbonyl (C=O) groups is 2. The highest BCUT2D eigenvalue weighted by atomic mass is 32.1. The number of amides is 3. The summed E-state index contributed by atoms with van der Waals surface area (Å²) in [4.78, 5) is 28.8. The van der Waals surface area contributed by atoms with E-state index in [1.807, 2.05) is 36.8 Å². The van der Waals surface area contributed by atoms with Gasteiger partial charge in [0.1, 0.15) is 0 Å². The van der Waals surface area contributed by atoms with Crippen LogP contribution in [0.1, 0.15) is 10.4 Å². The zero-order valence-electron chi connectivity index (χ0n) is 13.5. The first-order valence-electron chi connectivity index (χ1n) is 7.54. The van der Waals surface area contributed by atoms with Crippen LogP contribution >= 0.6 is 11.3 Å². The maximum atomic E-state index is 12.2. The lowest BCUT2D eigenvalue weighted by Crippen LogP contribution is -2.19. The van der Waals surface area contributed by atoms with Gasteiger partial charge in [0.05, 0.1) is 0 Å². The molecule has 0 saturated heterocycles. The minimum atomic E-state index is -0.347. The minimum absolute atomic E-state index is 0.321. The second-order valence-corrected chi connectivity index (χ2v) is 6.11. The number of hydrogen-bond acceptors (Lipinski definition) is 3. The van der Waals surface area contributed by atoms with Crippen LogP contribution in [-0.4, -0.2) is 16.5 Å². The van der Waals surface area contributed by atoms with Crippen molar-refractivity contribution in [3.05, 3.63) is 76.5 Å². The topological polar surface area (TPSA) is 75.5 Å². The predicted octanol–water partition coefficient (Wildman–Crippen LogP) is 3.47. The van der Waals surface area contributed by atoms with Gasteiger partial charge in [-0.2, -0.15) is 4.99 Å². The van der Waals surface area contributed by atoms with Gasteiger partial charge in [-0.3, -0.25) is 4.79 Å². The molecule has 6 nitrogen and oxygen atoms in total. The molecule has 0 unspecified atom stereocenters. The zero-order valence-corrected chi connectivity index (χ0v) is 14.3. The SMILES string of the molecule is Cn1ccsc1=NC(=O)c1ccc(NC(=O)Nc2ccccc2)cc1. The van der Waals surface area contributed by atoms with E-state index >= 15 is 0 Å². The predicted molar refractivity (Wildman–Crippen MR) is 98.7 cm³/mol. The number of para-hydroxylation sites is 1. The van der Waals surface area contributed by atoms with Crippen molar-refractivity contribution in [2.75, 3.05) is 10.6 Å². The first-order valence-corrected chi connectivity index (χ1v) is 8.42. The number of aryl methyl sites for hydroxylation is 1. The lowest BCUT2D eigenvalue weighted by atomic mass is 10.2. The third-order valence-corrected chi connectivity index (χ3v) is 4.23. The number of carbonyl (C=O) groups excluding carboxylic acids is 2. The molecule has 0 atom stereocenters. The summed E-state index contributed by atoms with van der Waals surface area (Å²) in [5.74, 6) is -0.321. The van der Waals surface area contributed by atoms with Gasteiger partial charge >= 0.3 is 6.03 Å². The van der Waals surface area contributed by atoms with E-state index in [4.69, 9.17) is 0 Å². The van der Waals surface area contributed by atoms with Gasteiger partial charge in [0.25, 0.3) is 5.91 Å². The van der Waals surface area contributed by atoms with E-state index in [1.54, 1.807) is 41.0 Å². The molecular formula is C18H16N4O2S. The minimum Gasteiger partial charge on any atom is -0.327 e. The van der Waals surface area contributed by atoms with Gasteiger partial charge in [-0.25, -0.2) is 4.79 Å². The lowest BCUT2D eigenvalue weighted by Gasteiger charge is -2.07. The number of thiazole rings is 1. The van der Waals surface area contributed by atoms with E-state index in [-0.39, 0.29) is 11.9 Å². The summed E-state index contributed by atoms with van der Waals surface area (Å²) in [6, 6.07) is 15.4. The standard InChI is InChI=1S/C18H16N4O2S/c1-22-11-12-25-18(22)21-16(23)13-7-9-15(10-8-13)20-17(24)19-14-5-3-2-4-6-14/h2-12H,1H3,(H2,19,20,24). The van der Waals surface area contributed by atoms with Crippen molar-refractivity contribution in [1.82, 2.24) is 4.57 Å². The molecule has 1 heterocycles. The molecule has 2 aromatic carbocycles. The number of rotatable bonds is 3. The first kappa shape index (κ1) is 16.7. The summed E-state index contributed by atoms with van der Waals surface area (Å²) in [6.45, 7) is 0. The Hall–Kier alpha value is -3.19. The molecule has 7 heteroatoms. The van der Waals surface area contributed by atoms with Crippen LogP contribution in [0.3, 0.4) is 0 Å². The van der Waals surface area contributed by atoms with Crippen molar-refractivity contribution < 1.29 is 9.59 Å². The Bertz CT molecular complexity index is 943. The number of aromatic nitrogens is 1. The van der Waals surface area contributed by atoms with Crippen LogP contribution in [0.4, 0.5) is 16.2 Å². The number of benzene rings is 2. The van der Waals surface area contributed by atoms with Crippen LogP contribution in [0.15, 0.2) is 71.2 Å². The smallest absolute Gasteiger partial charge is 0.323 e. The maximum absolute atomic E-state index is 12.2. The number of urea groups is 1. The Labute approximate surface area is 148 Å². The quantitative estimate of drug-likeness (QED) is 0.757. The Morgan fingerprint density at radius 2 is 1.60 bits per heavy atom. The molecule has 0 aliphatic rings. The molecule has 3 aromatic rings. The third kappa shape index (κ3) is 4.42. The molecule has 0 fully saturated rings. The van der Waals surface area contributed by atoms with Crippen molar-refractivity contribution >= 4 is 34.6 Å². The zero-order chi connectivity index (χ0) is 17.6. The summed E-state index contributed by atoms with van der Waals surface area (Å²) >= 11 is 1.40. The molecule has 1 aromatic heterocycles. The highest BCUT2D eigenvalue weighted by molar-refractivity contribution is 7.07. The summed E-state index contributed by atoms with van der Waals surface area (Å²) < 4.78 is 1.78. The fraction of sp³-hybridized carbons (Fsp3) is 0.0556. The molecule has 0 saturated carbocycles. The first-order chi connectivity index (χ1) is 12.1. The van der Waals surface area contributed by atoms with E-state index in [0.717, 1.165) is 0 Å². The molecule has 3 amide bonds. The average Bonchev–Trinajstić information content (AvgIpc) is 3.01. The van der Waals surface area contributed by atoms with E-state index in [9.17, 15) is 9.59 Å². The summed E-state index contributed by atoms with van der Waals surface area (Å²) in [5, 5.41) is 7.31. The molecular weight excluding hydrogens is 336 g/mol. The monoisotopic (exact) mass is 352 g/mol. The summed E-state index contributed by atoms with van der Waals surface area (Å²) in [7, 11) is 1.83. The Morgan fingerprint density at radius 3 is 2.20 bits per heavy atom. The van der Waals surface area contributed by atoms with Gasteiger partial charge in [0.15, 0.2) is 4.80 Å². The van der Waals surface area contributed by atoms with Crippen LogP contribution in [0.5, 0.6) is 0 Å². The second-order valence-electron chi connectivity index (χ2n) is 5.24. The van der Waals surface area contributed by atoms with Crippen LogP contribution < -0.4 is 15.4 Å². The van der Waals surface area contributed by atoms with Gasteiger partial charge in [0.2, 0.25) is 0 Å². The van der Waals surface area contributed by atoms with Gasteiger partial charge in [-0.15, -0.1) is 11.3 Å². The maximum Gasteiger partial charge on any atom is 0.323 e. The molecule has 3 rings (SSSR count). The van der Waals surface area contributed by atoms with Gasteiger partial charge < -0.3 is 15.2 Å². The van der Waals surface area contributed by atoms with Gasteiger partial charge in [-0.1, -0.05) is 18.2 Å². The largest absolute Gasteiger partial charge is 0.327 e. The second kappa shape index (κ2) is 7.59. The van der Waals surface area contributed by atoms with E-state index in [0.29, 0.717) is 21.7 Å². The molecule has 0 aliphatic heterocycles. The molecule has 0 bridgehead atoms. The Balaban J connectivity index is 1.65.